The zero-order valence-corrected chi connectivity index (χ0v) is 18.6. The third kappa shape index (κ3) is 4.17. The van der Waals surface area contributed by atoms with Crippen molar-refractivity contribution < 1.29 is 18.8 Å². The molecule has 0 radical (unpaired) electrons. The second kappa shape index (κ2) is 8.90. The number of methoxy groups -OCH3 is 1. The molecule has 0 saturated carbocycles. The number of rotatable bonds is 6. The molecule has 4 aromatic rings. The normalized spacial score (nSPS) is 14.9. The average Bonchev–Trinajstić information content (AvgIpc) is 3.34. The van der Waals surface area contributed by atoms with E-state index in [-0.39, 0.29) is 18.1 Å². The van der Waals surface area contributed by atoms with E-state index in [1.807, 2.05) is 24.3 Å². The number of aromatic nitrogens is 2. The van der Waals surface area contributed by atoms with E-state index in [1.165, 1.54) is 36.3 Å². The molecule has 0 aliphatic carbocycles. The molecule has 0 unspecified atom stereocenters. The summed E-state index contributed by atoms with van der Waals surface area (Å²) in [4.78, 5) is 25.6. The largest absolute Gasteiger partial charge is 0.496 e. The van der Waals surface area contributed by atoms with Crippen molar-refractivity contribution in [3.63, 3.8) is 0 Å². The van der Waals surface area contributed by atoms with Crippen LogP contribution in [-0.2, 0) is 6.54 Å². The van der Waals surface area contributed by atoms with Gasteiger partial charge in [-0.25, -0.2) is 4.39 Å². The molecule has 1 amide bonds. The van der Waals surface area contributed by atoms with Gasteiger partial charge in [-0.2, -0.15) is 5.10 Å². The molecule has 0 fully saturated rings. The number of carbonyl (C=O) groups is 1. The van der Waals surface area contributed by atoms with E-state index >= 15 is 0 Å². The summed E-state index contributed by atoms with van der Waals surface area (Å²) in [6, 6.07) is 18.4. The molecule has 2 heterocycles. The highest BCUT2D eigenvalue weighted by atomic mass is 19.1. The number of nitrogens with one attached hydrogen (secondary N) is 1. The van der Waals surface area contributed by atoms with Crippen molar-refractivity contribution in [2.75, 3.05) is 17.3 Å². The van der Waals surface area contributed by atoms with E-state index in [4.69, 9.17) is 4.74 Å². The number of fused-ring (bicyclic) bond motifs is 1. The van der Waals surface area contributed by atoms with Gasteiger partial charge in [0.05, 0.1) is 24.1 Å². The van der Waals surface area contributed by atoms with E-state index in [0.717, 1.165) is 11.1 Å². The lowest BCUT2D eigenvalue weighted by atomic mass is 10.0. The second-order valence-corrected chi connectivity index (χ2v) is 7.97. The quantitative estimate of drug-likeness (QED) is 0.320. The predicted molar refractivity (Wildman–Crippen MR) is 127 cm³/mol. The van der Waals surface area contributed by atoms with Crippen LogP contribution in [0.15, 0.2) is 79.1 Å². The first kappa shape index (κ1) is 22.1. The minimum absolute atomic E-state index is 0.112. The number of hydrogen-bond donors (Lipinski definition) is 1. The summed E-state index contributed by atoms with van der Waals surface area (Å²) in [5.41, 5.74) is 3.07. The summed E-state index contributed by atoms with van der Waals surface area (Å²) >= 11 is 0. The first-order valence-corrected chi connectivity index (χ1v) is 10.7. The second-order valence-electron chi connectivity index (χ2n) is 7.97. The Morgan fingerprint density at radius 1 is 1.14 bits per heavy atom. The standard InChI is InChI=1S/C25H20FN5O4/c1-35-23-11-6-16(12-17(23)14-29-15-20(13-27-29)31(33)34)24-28-22-5-3-2-4-21(22)25(32)30(24)19-9-7-18(26)8-10-19/h2-13,15,24,28H,14H2,1H3/t24-/m1/s1. The van der Waals surface area contributed by atoms with Gasteiger partial charge in [-0.3, -0.25) is 24.5 Å². The fraction of sp³-hybridized carbons (Fsp3) is 0.120. The average molecular weight is 473 g/mol. The smallest absolute Gasteiger partial charge is 0.307 e. The van der Waals surface area contributed by atoms with Gasteiger partial charge in [0.15, 0.2) is 0 Å². The van der Waals surface area contributed by atoms with Crippen molar-refractivity contribution in [2.45, 2.75) is 12.7 Å². The van der Waals surface area contributed by atoms with Crippen molar-refractivity contribution in [3.8, 4) is 5.75 Å². The summed E-state index contributed by atoms with van der Waals surface area (Å²) in [5.74, 6) is -0.0537. The van der Waals surface area contributed by atoms with Crippen molar-refractivity contribution in [1.29, 1.82) is 0 Å². The van der Waals surface area contributed by atoms with Crippen LogP contribution in [0.25, 0.3) is 0 Å². The molecule has 9 nitrogen and oxygen atoms in total. The third-order valence-corrected chi connectivity index (χ3v) is 5.81. The highest BCUT2D eigenvalue weighted by molar-refractivity contribution is 6.12. The maximum Gasteiger partial charge on any atom is 0.307 e. The van der Waals surface area contributed by atoms with E-state index in [1.54, 1.807) is 35.2 Å². The van der Waals surface area contributed by atoms with Gasteiger partial charge in [0.25, 0.3) is 5.91 Å². The van der Waals surface area contributed by atoms with Gasteiger partial charge in [0.1, 0.15) is 30.1 Å². The number of para-hydroxylation sites is 1. The number of benzene rings is 3. The monoisotopic (exact) mass is 473 g/mol. The first-order chi connectivity index (χ1) is 16.9. The Morgan fingerprint density at radius 2 is 1.91 bits per heavy atom. The van der Waals surface area contributed by atoms with Gasteiger partial charge >= 0.3 is 5.69 Å². The van der Waals surface area contributed by atoms with Gasteiger partial charge in [0.2, 0.25) is 0 Å². The number of anilines is 2. The number of hydrogen-bond acceptors (Lipinski definition) is 6. The number of ether oxygens (including phenoxy) is 1. The van der Waals surface area contributed by atoms with Crippen LogP contribution in [0.5, 0.6) is 5.75 Å². The minimum Gasteiger partial charge on any atom is -0.496 e. The number of amides is 1. The lowest BCUT2D eigenvalue weighted by Gasteiger charge is -2.38. The summed E-state index contributed by atoms with van der Waals surface area (Å²) in [7, 11) is 1.54. The maximum absolute atomic E-state index is 13.6. The van der Waals surface area contributed by atoms with Gasteiger partial charge < -0.3 is 10.1 Å². The Kier molecular flexibility index (Phi) is 5.61. The Morgan fingerprint density at radius 3 is 2.63 bits per heavy atom. The topological polar surface area (TPSA) is 103 Å². The lowest BCUT2D eigenvalue weighted by Crippen LogP contribution is -2.43. The van der Waals surface area contributed by atoms with Crippen LogP contribution < -0.4 is 15.0 Å². The van der Waals surface area contributed by atoms with Gasteiger partial charge in [-0.15, -0.1) is 0 Å². The molecule has 1 aliphatic rings. The summed E-state index contributed by atoms with van der Waals surface area (Å²) < 4.78 is 20.6. The van der Waals surface area contributed by atoms with Crippen LogP contribution in [-0.4, -0.2) is 27.7 Å². The zero-order chi connectivity index (χ0) is 24.5. The summed E-state index contributed by atoms with van der Waals surface area (Å²) in [6.07, 6.45) is 1.93. The highest BCUT2D eigenvalue weighted by Crippen LogP contribution is 2.38. The Hall–Kier alpha value is -4.73. The van der Waals surface area contributed by atoms with Gasteiger partial charge in [0, 0.05) is 16.9 Å². The molecule has 5 rings (SSSR count). The van der Waals surface area contributed by atoms with Gasteiger partial charge in [-0.1, -0.05) is 18.2 Å². The van der Waals surface area contributed by atoms with Gasteiger partial charge in [-0.05, 0) is 54.1 Å². The van der Waals surface area contributed by atoms with Crippen molar-refractivity contribution in [1.82, 2.24) is 9.78 Å². The minimum atomic E-state index is -0.598. The molecule has 0 bridgehead atoms. The van der Waals surface area contributed by atoms with Crippen LogP contribution in [0.2, 0.25) is 0 Å². The summed E-state index contributed by atoms with van der Waals surface area (Å²) in [6.45, 7) is 0.221. The van der Waals surface area contributed by atoms with E-state index in [0.29, 0.717) is 22.7 Å². The Labute approximate surface area is 199 Å². The van der Waals surface area contributed by atoms with Crippen LogP contribution in [0.4, 0.5) is 21.5 Å². The van der Waals surface area contributed by atoms with Crippen molar-refractivity contribution in [3.05, 3.63) is 112 Å². The third-order valence-electron chi connectivity index (χ3n) is 5.81. The number of halogens is 1. The molecule has 0 saturated heterocycles. The van der Waals surface area contributed by atoms with Crippen LogP contribution in [0.3, 0.4) is 0 Å². The molecule has 1 N–H and O–H groups in total. The number of nitro groups is 1. The fourth-order valence-electron chi connectivity index (χ4n) is 4.15. The molecular weight excluding hydrogens is 453 g/mol. The van der Waals surface area contributed by atoms with Crippen LogP contribution >= 0.6 is 0 Å². The molecular formula is C25H20FN5O4. The summed E-state index contributed by atoms with van der Waals surface area (Å²) in [5, 5.41) is 18.5. The first-order valence-electron chi connectivity index (χ1n) is 10.7. The van der Waals surface area contributed by atoms with E-state index in [9.17, 15) is 19.3 Å². The highest BCUT2D eigenvalue weighted by Gasteiger charge is 2.34. The van der Waals surface area contributed by atoms with E-state index < -0.39 is 16.9 Å². The lowest BCUT2D eigenvalue weighted by molar-refractivity contribution is -0.385. The number of nitrogens with zero attached hydrogens (tertiary/aromatic N) is 4. The fourth-order valence-corrected chi connectivity index (χ4v) is 4.15. The van der Waals surface area contributed by atoms with E-state index in [2.05, 4.69) is 10.4 Å². The molecule has 1 aliphatic heterocycles. The molecule has 35 heavy (non-hydrogen) atoms. The molecule has 10 heteroatoms. The SMILES string of the molecule is COc1ccc([C@@H]2Nc3ccccc3C(=O)N2c2ccc(F)cc2)cc1Cn1cc([N+](=O)[O-])cn1. The molecule has 1 atom stereocenters. The molecule has 0 spiro atoms. The Bertz CT molecular complexity index is 1420. The number of carbonyl (C=O) groups excluding carboxylic acids is 1. The van der Waals surface area contributed by atoms with Crippen molar-refractivity contribution >= 4 is 23.0 Å². The van der Waals surface area contributed by atoms with Crippen molar-refractivity contribution in [2.24, 2.45) is 0 Å². The van der Waals surface area contributed by atoms with Crippen LogP contribution in [0, 0.1) is 15.9 Å². The molecule has 3 aromatic carbocycles. The van der Waals surface area contributed by atoms with Crippen LogP contribution in [0.1, 0.15) is 27.7 Å². The molecule has 176 valence electrons. The maximum atomic E-state index is 13.6. The molecule has 1 aromatic heterocycles. The Balaban J connectivity index is 1.57. The predicted octanol–water partition coefficient (Wildman–Crippen LogP) is 4.76. The zero-order valence-electron chi connectivity index (χ0n) is 18.6.